The highest BCUT2D eigenvalue weighted by molar-refractivity contribution is 6.06. The van der Waals surface area contributed by atoms with Gasteiger partial charge in [-0.2, -0.15) is 0 Å². The number of amides is 1. The van der Waals surface area contributed by atoms with E-state index in [9.17, 15) is 4.79 Å². The highest BCUT2D eigenvalue weighted by atomic mass is 16.5. The summed E-state index contributed by atoms with van der Waals surface area (Å²) in [4.78, 5) is 12.5. The molecule has 0 spiro atoms. The Labute approximate surface area is 126 Å². The van der Waals surface area contributed by atoms with Crippen molar-refractivity contribution in [1.82, 2.24) is 0 Å². The third-order valence-electron chi connectivity index (χ3n) is 3.41. The summed E-state index contributed by atoms with van der Waals surface area (Å²) in [7, 11) is 0. The molecule has 3 nitrogen and oxygen atoms in total. The van der Waals surface area contributed by atoms with Crippen molar-refractivity contribution in [2.75, 3.05) is 11.9 Å². The number of aryl methyl sites for hydroxylation is 2. The Balaban J connectivity index is 2.31. The van der Waals surface area contributed by atoms with E-state index in [4.69, 9.17) is 4.74 Å². The molecule has 2 aromatic rings. The molecule has 0 aromatic heterocycles. The van der Waals surface area contributed by atoms with E-state index in [1.165, 1.54) is 0 Å². The second-order valence-electron chi connectivity index (χ2n) is 4.85. The summed E-state index contributed by atoms with van der Waals surface area (Å²) in [5.74, 6) is 0.479. The van der Waals surface area contributed by atoms with Crippen LogP contribution in [-0.2, 0) is 6.42 Å². The standard InChI is InChI=1S/C18H21NO2/c1-4-14-10-8-9-13(3)17(14)19-18(20)15-11-6-7-12-16(15)21-5-2/h6-12H,4-5H2,1-3H3,(H,19,20). The van der Waals surface area contributed by atoms with Gasteiger partial charge in [-0.25, -0.2) is 0 Å². The summed E-state index contributed by atoms with van der Waals surface area (Å²) < 4.78 is 5.52. The predicted octanol–water partition coefficient (Wildman–Crippen LogP) is 4.21. The molecular weight excluding hydrogens is 262 g/mol. The Bertz CT molecular complexity index is 635. The van der Waals surface area contributed by atoms with E-state index < -0.39 is 0 Å². The normalized spacial score (nSPS) is 10.2. The quantitative estimate of drug-likeness (QED) is 0.892. The van der Waals surface area contributed by atoms with Gasteiger partial charge in [0.05, 0.1) is 12.2 Å². The maximum absolute atomic E-state index is 12.5. The van der Waals surface area contributed by atoms with Crippen LogP contribution in [0, 0.1) is 6.92 Å². The molecule has 2 aromatic carbocycles. The Kier molecular flexibility index (Phi) is 4.99. The number of ether oxygens (including phenoxy) is 1. The number of rotatable bonds is 5. The molecule has 2 rings (SSSR count). The molecule has 0 fully saturated rings. The van der Waals surface area contributed by atoms with Crippen LogP contribution in [0.5, 0.6) is 5.75 Å². The van der Waals surface area contributed by atoms with Crippen LogP contribution in [-0.4, -0.2) is 12.5 Å². The summed E-state index contributed by atoms with van der Waals surface area (Å²) in [5, 5.41) is 3.03. The lowest BCUT2D eigenvalue weighted by molar-refractivity contribution is 0.102. The van der Waals surface area contributed by atoms with E-state index in [1.54, 1.807) is 6.07 Å². The summed E-state index contributed by atoms with van der Waals surface area (Å²) in [5.41, 5.74) is 3.66. The molecule has 0 radical (unpaired) electrons. The van der Waals surface area contributed by atoms with Crippen molar-refractivity contribution >= 4 is 11.6 Å². The van der Waals surface area contributed by atoms with E-state index >= 15 is 0 Å². The fourth-order valence-corrected chi connectivity index (χ4v) is 2.32. The molecule has 21 heavy (non-hydrogen) atoms. The average Bonchev–Trinajstić information content (AvgIpc) is 2.50. The van der Waals surface area contributed by atoms with Crippen LogP contribution in [0.3, 0.4) is 0 Å². The van der Waals surface area contributed by atoms with Gasteiger partial charge in [-0.1, -0.05) is 37.3 Å². The minimum Gasteiger partial charge on any atom is -0.493 e. The highest BCUT2D eigenvalue weighted by Crippen LogP contribution is 2.24. The zero-order valence-electron chi connectivity index (χ0n) is 12.8. The van der Waals surface area contributed by atoms with Gasteiger partial charge in [0.1, 0.15) is 5.75 Å². The van der Waals surface area contributed by atoms with Crippen molar-refractivity contribution in [3.8, 4) is 5.75 Å². The first kappa shape index (κ1) is 15.1. The lowest BCUT2D eigenvalue weighted by Crippen LogP contribution is -2.15. The first-order valence-electron chi connectivity index (χ1n) is 7.29. The van der Waals surface area contributed by atoms with E-state index in [1.807, 2.05) is 50.2 Å². The topological polar surface area (TPSA) is 38.3 Å². The van der Waals surface area contributed by atoms with Crippen LogP contribution in [0.25, 0.3) is 0 Å². The summed E-state index contributed by atoms with van der Waals surface area (Å²) in [6.45, 7) is 6.53. The monoisotopic (exact) mass is 283 g/mol. The van der Waals surface area contributed by atoms with Crippen LogP contribution in [0.1, 0.15) is 35.3 Å². The largest absolute Gasteiger partial charge is 0.493 e. The van der Waals surface area contributed by atoms with Gasteiger partial charge in [-0.3, -0.25) is 4.79 Å². The maximum Gasteiger partial charge on any atom is 0.259 e. The second-order valence-corrected chi connectivity index (χ2v) is 4.85. The van der Waals surface area contributed by atoms with Gasteiger partial charge >= 0.3 is 0 Å². The van der Waals surface area contributed by atoms with Gasteiger partial charge in [0.2, 0.25) is 0 Å². The number of para-hydroxylation sites is 2. The van der Waals surface area contributed by atoms with E-state index in [0.717, 1.165) is 23.2 Å². The number of anilines is 1. The molecule has 0 atom stereocenters. The van der Waals surface area contributed by atoms with Crippen molar-refractivity contribution in [3.05, 3.63) is 59.2 Å². The molecule has 0 heterocycles. The molecule has 0 aliphatic carbocycles. The molecule has 0 saturated carbocycles. The van der Waals surface area contributed by atoms with Gasteiger partial charge in [0, 0.05) is 5.69 Å². The third kappa shape index (κ3) is 3.43. The second kappa shape index (κ2) is 6.93. The van der Waals surface area contributed by atoms with Crippen LogP contribution in [0.2, 0.25) is 0 Å². The fraction of sp³-hybridized carbons (Fsp3) is 0.278. The number of carbonyl (C=O) groups is 1. The number of nitrogens with one attached hydrogen (secondary N) is 1. The molecule has 110 valence electrons. The lowest BCUT2D eigenvalue weighted by atomic mass is 10.1. The van der Waals surface area contributed by atoms with Crippen LogP contribution in [0.4, 0.5) is 5.69 Å². The minimum atomic E-state index is -0.136. The summed E-state index contributed by atoms with van der Waals surface area (Å²) in [6.07, 6.45) is 0.879. The minimum absolute atomic E-state index is 0.136. The van der Waals surface area contributed by atoms with Crippen molar-refractivity contribution in [1.29, 1.82) is 0 Å². The number of hydrogen-bond acceptors (Lipinski definition) is 2. The molecular formula is C18H21NO2. The van der Waals surface area contributed by atoms with Gasteiger partial charge in [0.25, 0.3) is 5.91 Å². The molecule has 0 bridgehead atoms. The molecule has 0 saturated heterocycles. The molecule has 1 amide bonds. The van der Waals surface area contributed by atoms with Crippen molar-refractivity contribution < 1.29 is 9.53 Å². The zero-order chi connectivity index (χ0) is 15.2. The molecule has 0 unspecified atom stereocenters. The van der Waals surface area contributed by atoms with E-state index in [0.29, 0.717) is 17.9 Å². The lowest BCUT2D eigenvalue weighted by Gasteiger charge is -2.14. The summed E-state index contributed by atoms with van der Waals surface area (Å²) in [6, 6.07) is 13.4. The predicted molar refractivity (Wildman–Crippen MR) is 86.1 cm³/mol. The van der Waals surface area contributed by atoms with E-state index in [-0.39, 0.29) is 5.91 Å². The van der Waals surface area contributed by atoms with Crippen LogP contribution < -0.4 is 10.1 Å². The van der Waals surface area contributed by atoms with Gasteiger partial charge in [0.15, 0.2) is 0 Å². The summed E-state index contributed by atoms with van der Waals surface area (Å²) >= 11 is 0. The van der Waals surface area contributed by atoms with Gasteiger partial charge in [-0.05, 0) is 43.5 Å². The third-order valence-corrected chi connectivity index (χ3v) is 3.41. The smallest absolute Gasteiger partial charge is 0.259 e. The van der Waals surface area contributed by atoms with Gasteiger partial charge < -0.3 is 10.1 Å². The van der Waals surface area contributed by atoms with E-state index in [2.05, 4.69) is 12.2 Å². The van der Waals surface area contributed by atoms with Crippen molar-refractivity contribution in [3.63, 3.8) is 0 Å². The average molecular weight is 283 g/mol. The van der Waals surface area contributed by atoms with Crippen molar-refractivity contribution in [2.24, 2.45) is 0 Å². The first-order valence-corrected chi connectivity index (χ1v) is 7.29. The number of hydrogen-bond donors (Lipinski definition) is 1. The Morgan fingerprint density at radius 3 is 2.57 bits per heavy atom. The zero-order valence-corrected chi connectivity index (χ0v) is 12.8. The SMILES string of the molecule is CCOc1ccccc1C(=O)Nc1c(C)cccc1CC. The number of benzene rings is 2. The maximum atomic E-state index is 12.5. The van der Waals surface area contributed by atoms with Crippen LogP contribution >= 0.6 is 0 Å². The Morgan fingerprint density at radius 1 is 1.10 bits per heavy atom. The van der Waals surface area contributed by atoms with Gasteiger partial charge in [-0.15, -0.1) is 0 Å². The number of carbonyl (C=O) groups excluding carboxylic acids is 1. The molecule has 1 N–H and O–H groups in total. The first-order chi connectivity index (χ1) is 10.2. The molecule has 0 aliphatic rings. The molecule has 3 heteroatoms. The molecule has 0 aliphatic heterocycles. The highest BCUT2D eigenvalue weighted by Gasteiger charge is 2.14. The Morgan fingerprint density at radius 2 is 1.86 bits per heavy atom. The van der Waals surface area contributed by atoms with Crippen molar-refractivity contribution in [2.45, 2.75) is 27.2 Å². The Hall–Kier alpha value is -2.29. The fourth-order valence-electron chi connectivity index (χ4n) is 2.32. The van der Waals surface area contributed by atoms with Crippen LogP contribution in [0.15, 0.2) is 42.5 Å².